The van der Waals surface area contributed by atoms with Crippen LogP contribution < -0.4 is 5.73 Å². The molecule has 3 rings (SSSR count). The van der Waals surface area contributed by atoms with E-state index in [0.29, 0.717) is 18.2 Å². The van der Waals surface area contributed by atoms with E-state index in [1.807, 2.05) is 11.3 Å². The summed E-state index contributed by atoms with van der Waals surface area (Å²) in [7, 11) is 0. The molecule has 4 unspecified atom stereocenters. The zero-order valence-corrected chi connectivity index (χ0v) is 14.1. The summed E-state index contributed by atoms with van der Waals surface area (Å²) in [4.78, 5) is 5.49. The first-order valence-corrected chi connectivity index (χ1v) is 9.21. The Morgan fingerprint density at radius 1 is 1.38 bits per heavy atom. The number of morpholine rings is 1. The molecule has 1 saturated carbocycles. The molecule has 1 aromatic rings. The van der Waals surface area contributed by atoms with E-state index in [0.717, 1.165) is 19.6 Å². The molecule has 0 amide bonds. The van der Waals surface area contributed by atoms with Crippen molar-refractivity contribution in [2.45, 2.75) is 70.2 Å². The zero-order chi connectivity index (χ0) is 14.8. The third-order valence-corrected chi connectivity index (χ3v) is 6.13. The molecule has 2 fully saturated rings. The minimum atomic E-state index is 0.212. The topological polar surface area (TPSA) is 38.5 Å². The van der Waals surface area contributed by atoms with Gasteiger partial charge in [-0.2, -0.15) is 0 Å². The highest BCUT2D eigenvalue weighted by Crippen LogP contribution is 2.38. The molecule has 21 heavy (non-hydrogen) atoms. The summed E-state index contributed by atoms with van der Waals surface area (Å²) in [5.74, 6) is 0. The average Bonchev–Trinajstić information content (AvgIpc) is 2.93. The van der Waals surface area contributed by atoms with Gasteiger partial charge in [0.05, 0.1) is 18.8 Å². The second kappa shape index (κ2) is 6.78. The van der Waals surface area contributed by atoms with Gasteiger partial charge in [-0.05, 0) is 38.3 Å². The molecule has 0 bridgehead atoms. The molecule has 1 saturated heterocycles. The number of fused-ring (bicyclic) bond motifs is 1. The SMILES string of the molecule is CCC(N)C(c1ccc(C)s1)N1CCOC2CCCCC21. The van der Waals surface area contributed by atoms with Crippen LogP contribution in [0.25, 0.3) is 0 Å². The molecule has 2 heterocycles. The molecule has 4 atom stereocenters. The Balaban J connectivity index is 1.87. The van der Waals surface area contributed by atoms with Gasteiger partial charge in [-0.15, -0.1) is 11.3 Å². The lowest BCUT2D eigenvalue weighted by atomic mass is 9.87. The highest BCUT2D eigenvalue weighted by atomic mass is 32.1. The molecule has 3 nitrogen and oxygen atoms in total. The maximum atomic E-state index is 6.54. The number of aryl methyl sites for hydroxylation is 1. The highest BCUT2D eigenvalue weighted by molar-refractivity contribution is 7.12. The number of hydrogen-bond acceptors (Lipinski definition) is 4. The van der Waals surface area contributed by atoms with Crippen LogP contribution in [0.3, 0.4) is 0 Å². The Kier molecular flexibility index (Phi) is 4.99. The maximum absolute atomic E-state index is 6.54. The van der Waals surface area contributed by atoms with Crippen molar-refractivity contribution in [2.24, 2.45) is 5.73 Å². The highest BCUT2D eigenvalue weighted by Gasteiger charge is 2.40. The third-order valence-electron chi connectivity index (χ3n) is 5.06. The fourth-order valence-electron chi connectivity index (χ4n) is 3.93. The predicted molar refractivity (Wildman–Crippen MR) is 88.8 cm³/mol. The van der Waals surface area contributed by atoms with Crippen molar-refractivity contribution in [1.29, 1.82) is 0 Å². The molecule has 1 aliphatic heterocycles. The van der Waals surface area contributed by atoms with Crippen LogP contribution in [0, 0.1) is 6.92 Å². The van der Waals surface area contributed by atoms with Gasteiger partial charge in [0.15, 0.2) is 0 Å². The van der Waals surface area contributed by atoms with Gasteiger partial charge in [0.25, 0.3) is 0 Å². The first kappa shape index (κ1) is 15.5. The van der Waals surface area contributed by atoms with E-state index in [1.165, 1.54) is 35.4 Å². The van der Waals surface area contributed by atoms with Crippen LogP contribution in [0.2, 0.25) is 0 Å². The number of nitrogens with two attached hydrogens (primary N) is 1. The van der Waals surface area contributed by atoms with Crippen molar-refractivity contribution >= 4 is 11.3 Å². The number of thiophene rings is 1. The second-order valence-corrected chi connectivity index (χ2v) is 7.78. The zero-order valence-electron chi connectivity index (χ0n) is 13.3. The lowest BCUT2D eigenvalue weighted by Gasteiger charge is -2.48. The van der Waals surface area contributed by atoms with E-state index < -0.39 is 0 Å². The van der Waals surface area contributed by atoms with Gasteiger partial charge in [0.2, 0.25) is 0 Å². The Morgan fingerprint density at radius 3 is 2.90 bits per heavy atom. The molecular formula is C17H28N2OS. The van der Waals surface area contributed by atoms with Crippen molar-refractivity contribution in [3.05, 3.63) is 21.9 Å². The average molecular weight is 308 g/mol. The van der Waals surface area contributed by atoms with E-state index in [1.54, 1.807) is 0 Å². The summed E-state index contributed by atoms with van der Waals surface area (Å²) >= 11 is 1.91. The first-order chi connectivity index (χ1) is 10.2. The molecule has 0 aromatic carbocycles. The molecule has 1 aromatic heterocycles. The third kappa shape index (κ3) is 3.19. The summed E-state index contributed by atoms with van der Waals surface area (Å²) in [6.07, 6.45) is 6.59. The van der Waals surface area contributed by atoms with Crippen LogP contribution in [-0.4, -0.2) is 36.2 Å². The van der Waals surface area contributed by atoms with Gasteiger partial charge < -0.3 is 10.5 Å². The molecule has 4 heteroatoms. The molecule has 1 aliphatic carbocycles. The van der Waals surface area contributed by atoms with Crippen LogP contribution in [-0.2, 0) is 4.74 Å². The van der Waals surface area contributed by atoms with Gasteiger partial charge in [-0.25, -0.2) is 0 Å². The van der Waals surface area contributed by atoms with Crippen LogP contribution >= 0.6 is 11.3 Å². The van der Waals surface area contributed by atoms with E-state index >= 15 is 0 Å². The van der Waals surface area contributed by atoms with Crippen molar-refractivity contribution in [1.82, 2.24) is 4.90 Å². The summed E-state index contributed by atoms with van der Waals surface area (Å²) < 4.78 is 6.04. The van der Waals surface area contributed by atoms with Gasteiger partial charge in [0, 0.05) is 28.4 Å². The van der Waals surface area contributed by atoms with E-state index in [4.69, 9.17) is 10.5 Å². The Hall–Kier alpha value is -0.420. The lowest BCUT2D eigenvalue weighted by molar-refractivity contribution is -0.106. The summed E-state index contributed by atoms with van der Waals surface area (Å²) in [6.45, 7) is 6.28. The minimum Gasteiger partial charge on any atom is -0.375 e. The maximum Gasteiger partial charge on any atom is 0.0731 e. The van der Waals surface area contributed by atoms with E-state index in [-0.39, 0.29) is 6.04 Å². The summed E-state index contributed by atoms with van der Waals surface area (Å²) in [5.41, 5.74) is 6.54. The number of rotatable bonds is 4. The quantitative estimate of drug-likeness (QED) is 0.925. The molecule has 0 radical (unpaired) electrons. The number of nitrogens with zero attached hydrogens (tertiary/aromatic N) is 1. The Bertz CT molecular complexity index is 459. The van der Waals surface area contributed by atoms with Gasteiger partial charge in [0.1, 0.15) is 0 Å². The summed E-state index contributed by atoms with van der Waals surface area (Å²) in [5, 5.41) is 0. The fourth-order valence-corrected chi connectivity index (χ4v) is 5.00. The Labute approximate surface area is 132 Å². The summed E-state index contributed by atoms with van der Waals surface area (Å²) in [6, 6.07) is 5.66. The smallest absolute Gasteiger partial charge is 0.0731 e. The Morgan fingerprint density at radius 2 is 2.19 bits per heavy atom. The predicted octanol–water partition coefficient (Wildman–Crippen LogP) is 3.48. The standard InChI is InChI=1S/C17H28N2OS/c1-3-13(18)17(16-9-8-12(2)21-16)19-10-11-20-15-7-5-4-6-14(15)19/h8-9,13-15,17H,3-7,10-11,18H2,1-2H3. The van der Waals surface area contributed by atoms with Crippen molar-refractivity contribution in [3.8, 4) is 0 Å². The van der Waals surface area contributed by atoms with Crippen LogP contribution in [0.4, 0.5) is 0 Å². The van der Waals surface area contributed by atoms with E-state index in [9.17, 15) is 0 Å². The van der Waals surface area contributed by atoms with Gasteiger partial charge >= 0.3 is 0 Å². The fraction of sp³-hybridized carbons (Fsp3) is 0.765. The van der Waals surface area contributed by atoms with Gasteiger partial charge in [-0.1, -0.05) is 19.8 Å². The van der Waals surface area contributed by atoms with Crippen molar-refractivity contribution in [3.63, 3.8) is 0 Å². The van der Waals surface area contributed by atoms with Crippen LogP contribution in [0.1, 0.15) is 54.8 Å². The first-order valence-electron chi connectivity index (χ1n) is 8.40. The minimum absolute atomic E-state index is 0.212. The second-order valence-electron chi connectivity index (χ2n) is 6.46. The molecule has 0 spiro atoms. The van der Waals surface area contributed by atoms with E-state index in [2.05, 4.69) is 30.9 Å². The number of hydrogen-bond donors (Lipinski definition) is 1. The van der Waals surface area contributed by atoms with Crippen LogP contribution in [0.15, 0.2) is 12.1 Å². The normalized spacial score (nSPS) is 29.9. The molecule has 2 aliphatic rings. The molecule has 2 N–H and O–H groups in total. The van der Waals surface area contributed by atoms with Gasteiger partial charge in [-0.3, -0.25) is 4.90 Å². The van der Waals surface area contributed by atoms with Crippen molar-refractivity contribution in [2.75, 3.05) is 13.2 Å². The lowest BCUT2D eigenvalue weighted by Crippen LogP contribution is -2.56. The monoisotopic (exact) mass is 308 g/mol. The molecule has 118 valence electrons. The molecular weight excluding hydrogens is 280 g/mol. The largest absolute Gasteiger partial charge is 0.375 e. The van der Waals surface area contributed by atoms with Crippen LogP contribution in [0.5, 0.6) is 0 Å². The van der Waals surface area contributed by atoms with Crippen molar-refractivity contribution < 1.29 is 4.74 Å². The number of ether oxygens (including phenoxy) is 1.